The van der Waals surface area contributed by atoms with Gasteiger partial charge in [0.05, 0.1) is 16.6 Å². The Labute approximate surface area is 121 Å². The predicted molar refractivity (Wildman–Crippen MR) is 75.2 cm³/mol. The summed E-state index contributed by atoms with van der Waals surface area (Å²) in [7, 11) is 1.45. The van der Waals surface area contributed by atoms with E-state index < -0.39 is 11.9 Å². The summed E-state index contributed by atoms with van der Waals surface area (Å²) < 4.78 is 5.19. The van der Waals surface area contributed by atoms with E-state index in [0.29, 0.717) is 28.1 Å². The number of likely N-dealkylation sites (N-methyl/N-ethyl adjacent to an activating group) is 1. The van der Waals surface area contributed by atoms with Gasteiger partial charge in [-0.15, -0.1) is 0 Å². The molecule has 0 spiro atoms. The average molecular weight is 291 g/mol. The summed E-state index contributed by atoms with van der Waals surface area (Å²) in [5.74, 6) is -1.40. The number of hydrogen-bond donors (Lipinski definition) is 1. The fourth-order valence-electron chi connectivity index (χ4n) is 2.14. The van der Waals surface area contributed by atoms with E-state index in [1.807, 2.05) is 13.8 Å². The predicted octanol–water partition coefficient (Wildman–Crippen LogP) is 1.81. The van der Waals surface area contributed by atoms with Gasteiger partial charge >= 0.3 is 5.97 Å². The van der Waals surface area contributed by atoms with Gasteiger partial charge in [-0.25, -0.2) is 4.98 Å². The van der Waals surface area contributed by atoms with Crippen LogP contribution < -0.4 is 0 Å². The lowest BCUT2D eigenvalue weighted by Crippen LogP contribution is -2.32. The summed E-state index contributed by atoms with van der Waals surface area (Å²) in [6, 6.07) is 1.63. The number of aromatic nitrogens is 2. The number of hydrogen-bond acceptors (Lipinski definition) is 5. The van der Waals surface area contributed by atoms with Crippen molar-refractivity contribution in [2.75, 3.05) is 13.6 Å². The zero-order valence-electron chi connectivity index (χ0n) is 12.4. The van der Waals surface area contributed by atoms with Crippen LogP contribution >= 0.6 is 0 Å². The van der Waals surface area contributed by atoms with Gasteiger partial charge in [0.15, 0.2) is 0 Å². The number of fused-ring (bicyclic) bond motifs is 1. The summed E-state index contributed by atoms with van der Waals surface area (Å²) in [4.78, 5) is 28.6. The molecule has 0 aliphatic rings. The number of pyridine rings is 1. The number of aliphatic carboxylic acids is 1. The molecule has 7 heteroatoms. The SMILES string of the molecule is Cc1cc(C(=O)N(C)CC(=O)O)c2c(C(C)C)noc2n1. The molecule has 21 heavy (non-hydrogen) atoms. The van der Waals surface area contributed by atoms with E-state index >= 15 is 0 Å². The second-order valence-electron chi connectivity index (χ2n) is 5.27. The number of rotatable bonds is 4. The van der Waals surface area contributed by atoms with Gasteiger partial charge in [-0.1, -0.05) is 19.0 Å². The molecule has 112 valence electrons. The molecular formula is C14H17N3O4. The van der Waals surface area contributed by atoms with Crippen molar-refractivity contribution in [3.63, 3.8) is 0 Å². The number of aryl methyl sites for hydroxylation is 1. The highest BCUT2D eigenvalue weighted by Crippen LogP contribution is 2.28. The topological polar surface area (TPSA) is 96.5 Å². The van der Waals surface area contributed by atoms with Crippen LogP contribution in [-0.4, -0.2) is 45.6 Å². The number of nitrogens with zero attached hydrogens (tertiary/aromatic N) is 3. The standard InChI is InChI=1S/C14H17N3O4/c1-7(2)12-11-9(14(20)17(4)6-10(18)19)5-8(3)15-13(11)21-16-12/h5,7H,6H2,1-4H3,(H,18,19). The van der Waals surface area contributed by atoms with E-state index in [9.17, 15) is 9.59 Å². The molecule has 0 radical (unpaired) electrons. The van der Waals surface area contributed by atoms with E-state index in [-0.39, 0.29) is 12.5 Å². The molecule has 0 aliphatic heterocycles. The molecule has 0 saturated carbocycles. The van der Waals surface area contributed by atoms with Crippen LogP contribution in [0.2, 0.25) is 0 Å². The Hall–Kier alpha value is -2.44. The largest absolute Gasteiger partial charge is 0.480 e. The quantitative estimate of drug-likeness (QED) is 0.922. The minimum Gasteiger partial charge on any atom is -0.480 e. The molecule has 0 aliphatic carbocycles. The lowest BCUT2D eigenvalue weighted by Gasteiger charge is -2.15. The summed E-state index contributed by atoms with van der Waals surface area (Å²) in [6.07, 6.45) is 0. The summed E-state index contributed by atoms with van der Waals surface area (Å²) >= 11 is 0. The normalized spacial score (nSPS) is 11.1. The molecule has 0 fully saturated rings. The van der Waals surface area contributed by atoms with Gasteiger partial charge in [-0.2, -0.15) is 0 Å². The first-order valence-corrected chi connectivity index (χ1v) is 6.55. The Kier molecular flexibility index (Phi) is 3.93. The van der Waals surface area contributed by atoms with E-state index in [2.05, 4.69) is 10.1 Å². The Bertz CT molecular complexity index is 706. The Balaban J connectivity index is 2.58. The van der Waals surface area contributed by atoms with E-state index in [4.69, 9.17) is 9.63 Å². The Morgan fingerprint density at radius 2 is 2.10 bits per heavy atom. The van der Waals surface area contributed by atoms with Gasteiger partial charge in [0.1, 0.15) is 6.54 Å². The maximum Gasteiger partial charge on any atom is 0.323 e. The van der Waals surface area contributed by atoms with Gasteiger partial charge in [-0.3, -0.25) is 9.59 Å². The van der Waals surface area contributed by atoms with Crippen LogP contribution in [0.3, 0.4) is 0 Å². The van der Waals surface area contributed by atoms with Gasteiger partial charge < -0.3 is 14.5 Å². The molecule has 2 heterocycles. The van der Waals surface area contributed by atoms with Crippen LogP contribution in [0.5, 0.6) is 0 Å². The first kappa shape index (κ1) is 15.0. The fourth-order valence-corrected chi connectivity index (χ4v) is 2.14. The molecule has 0 bridgehead atoms. The zero-order chi connectivity index (χ0) is 15.7. The monoisotopic (exact) mass is 291 g/mol. The maximum absolute atomic E-state index is 12.5. The molecule has 0 saturated heterocycles. The number of carbonyl (C=O) groups is 2. The van der Waals surface area contributed by atoms with Crippen molar-refractivity contribution in [2.24, 2.45) is 0 Å². The van der Waals surface area contributed by atoms with E-state index in [1.165, 1.54) is 7.05 Å². The van der Waals surface area contributed by atoms with Crippen LogP contribution in [0, 0.1) is 6.92 Å². The van der Waals surface area contributed by atoms with Crippen molar-refractivity contribution < 1.29 is 19.2 Å². The first-order chi connectivity index (χ1) is 9.81. The number of carbonyl (C=O) groups excluding carboxylic acids is 1. The summed E-state index contributed by atoms with van der Waals surface area (Å²) in [5.41, 5.74) is 1.92. The lowest BCUT2D eigenvalue weighted by atomic mass is 10.0. The first-order valence-electron chi connectivity index (χ1n) is 6.55. The zero-order valence-corrected chi connectivity index (χ0v) is 12.4. The smallest absolute Gasteiger partial charge is 0.323 e. The van der Waals surface area contributed by atoms with Crippen LogP contribution in [0.25, 0.3) is 11.1 Å². The van der Waals surface area contributed by atoms with Crippen molar-refractivity contribution in [3.8, 4) is 0 Å². The van der Waals surface area contributed by atoms with Crippen LogP contribution in [-0.2, 0) is 4.79 Å². The Morgan fingerprint density at radius 3 is 2.67 bits per heavy atom. The number of amides is 1. The van der Waals surface area contributed by atoms with Crippen molar-refractivity contribution in [1.82, 2.24) is 15.0 Å². The third-order valence-electron chi connectivity index (χ3n) is 3.10. The molecule has 0 atom stereocenters. The van der Waals surface area contributed by atoms with Crippen molar-refractivity contribution >= 4 is 23.0 Å². The van der Waals surface area contributed by atoms with Crippen LogP contribution in [0.15, 0.2) is 10.6 Å². The fraction of sp³-hybridized carbons (Fsp3) is 0.429. The molecule has 0 unspecified atom stereocenters. The third kappa shape index (κ3) is 2.86. The molecule has 0 aromatic carbocycles. The van der Waals surface area contributed by atoms with Crippen molar-refractivity contribution in [2.45, 2.75) is 26.7 Å². The second-order valence-corrected chi connectivity index (χ2v) is 5.27. The highest BCUT2D eigenvalue weighted by molar-refractivity contribution is 6.06. The molecule has 2 aromatic heterocycles. The third-order valence-corrected chi connectivity index (χ3v) is 3.10. The lowest BCUT2D eigenvalue weighted by molar-refractivity contribution is -0.137. The highest BCUT2D eigenvalue weighted by atomic mass is 16.5. The summed E-state index contributed by atoms with van der Waals surface area (Å²) in [6.45, 7) is 5.24. The summed E-state index contributed by atoms with van der Waals surface area (Å²) in [5, 5.41) is 13.3. The van der Waals surface area contributed by atoms with E-state index in [1.54, 1.807) is 13.0 Å². The van der Waals surface area contributed by atoms with Gasteiger partial charge in [-0.05, 0) is 18.9 Å². The van der Waals surface area contributed by atoms with Crippen molar-refractivity contribution in [1.29, 1.82) is 0 Å². The molecule has 7 nitrogen and oxygen atoms in total. The Morgan fingerprint density at radius 1 is 1.43 bits per heavy atom. The van der Waals surface area contributed by atoms with Gasteiger partial charge in [0, 0.05) is 12.7 Å². The molecule has 1 N–H and O–H groups in total. The maximum atomic E-state index is 12.5. The molecule has 2 aromatic rings. The van der Waals surface area contributed by atoms with Crippen LogP contribution in [0.4, 0.5) is 0 Å². The minimum atomic E-state index is -1.07. The van der Waals surface area contributed by atoms with Crippen molar-refractivity contribution in [3.05, 3.63) is 23.0 Å². The molecule has 1 amide bonds. The van der Waals surface area contributed by atoms with Gasteiger partial charge in [0.25, 0.3) is 11.6 Å². The minimum absolute atomic E-state index is 0.0621. The molecular weight excluding hydrogens is 274 g/mol. The average Bonchev–Trinajstić information content (AvgIpc) is 2.79. The number of carboxylic acid groups (broad SMARTS) is 1. The van der Waals surface area contributed by atoms with E-state index in [0.717, 1.165) is 4.90 Å². The number of carboxylic acids is 1. The van der Waals surface area contributed by atoms with Crippen LogP contribution in [0.1, 0.15) is 41.5 Å². The molecule has 2 rings (SSSR count). The highest BCUT2D eigenvalue weighted by Gasteiger charge is 2.24. The second kappa shape index (κ2) is 5.51. The van der Waals surface area contributed by atoms with Gasteiger partial charge in [0.2, 0.25) is 0 Å².